The number of aromatic nitrogens is 1. The van der Waals surface area contributed by atoms with Crippen LogP contribution >= 0.6 is 0 Å². The Morgan fingerprint density at radius 2 is 2.15 bits per heavy atom. The van der Waals surface area contributed by atoms with Crippen LogP contribution in [-0.2, 0) is 22.6 Å². The van der Waals surface area contributed by atoms with Crippen LogP contribution in [0.25, 0.3) is 0 Å². The minimum Gasteiger partial charge on any atom is -0.356 e. The fraction of sp³-hybridized carbons (Fsp3) is 0.381. The highest BCUT2D eigenvalue weighted by Gasteiger charge is 2.34. The Hall–Kier alpha value is -2.69. The molecule has 0 unspecified atom stereocenters. The van der Waals surface area contributed by atoms with E-state index in [1.807, 2.05) is 18.2 Å². The average molecular weight is 351 g/mol. The first-order valence-corrected chi connectivity index (χ1v) is 9.13. The molecule has 0 radical (unpaired) electrons. The van der Waals surface area contributed by atoms with Crippen LogP contribution in [0.1, 0.15) is 29.7 Å². The molecule has 0 spiro atoms. The summed E-state index contributed by atoms with van der Waals surface area (Å²) in [6, 6.07) is 14.1. The Balaban J connectivity index is 1.41. The van der Waals surface area contributed by atoms with Crippen molar-refractivity contribution in [3.8, 4) is 0 Å². The number of hydrogen-bond acceptors (Lipinski definition) is 3. The van der Waals surface area contributed by atoms with Crippen molar-refractivity contribution in [1.82, 2.24) is 15.2 Å². The van der Waals surface area contributed by atoms with Gasteiger partial charge < -0.3 is 10.2 Å². The predicted molar refractivity (Wildman–Crippen MR) is 100 cm³/mol. The Kier molecular flexibility index (Phi) is 6.00. The fourth-order valence-corrected chi connectivity index (χ4v) is 3.30. The Bertz CT molecular complexity index is 761. The Morgan fingerprint density at radius 3 is 2.92 bits per heavy atom. The molecule has 0 aliphatic carbocycles. The number of carbonyl (C=O) groups excluding carboxylic acids is 2. The van der Waals surface area contributed by atoms with E-state index < -0.39 is 0 Å². The van der Waals surface area contributed by atoms with Gasteiger partial charge in [0.05, 0.1) is 18.2 Å². The van der Waals surface area contributed by atoms with Crippen molar-refractivity contribution < 1.29 is 9.59 Å². The quantitative estimate of drug-likeness (QED) is 0.780. The smallest absolute Gasteiger partial charge is 0.225 e. The molecule has 0 bridgehead atoms. The lowest BCUT2D eigenvalue weighted by molar-refractivity contribution is -0.129. The van der Waals surface area contributed by atoms with Gasteiger partial charge in [-0.15, -0.1) is 0 Å². The molecule has 1 fully saturated rings. The summed E-state index contributed by atoms with van der Waals surface area (Å²) >= 11 is 0. The van der Waals surface area contributed by atoms with Gasteiger partial charge in [0.25, 0.3) is 0 Å². The van der Waals surface area contributed by atoms with Gasteiger partial charge in [0.15, 0.2) is 0 Å². The maximum atomic E-state index is 12.3. The Morgan fingerprint density at radius 1 is 1.27 bits per heavy atom. The van der Waals surface area contributed by atoms with E-state index in [2.05, 4.69) is 41.5 Å². The topological polar surface area (TPSA) is 62.3 Å². The van der Waals surface area contributed by atoms with Crippen LogP contribution in [0.2, 0.25) is 0 Å². The summed E-state index contributed by atoms with van der Waals surface area (Å²) in [5, 5.41) is 2.98. The van der Waals surface area contributed by atoms with E-state index in [9.17, 15) is 9.59 Å². The molecule has 2 heterocycles. The van der Waals surface area contributed by atoms with E-state index in [0.29, 0.717) is 19.6 Å². The van der Waals surface area contributed by atoms with Gasteiger partial charge in [0.2, 0.25) is 11.8 Å². The molecule has 1 saturated heterocycles. The molecule has 0 saturated carbocycles. The van der Waals surface area contributed by atoms with Crippen molar-refractivity contribution >= 4 is 11.8 Å². The minimum atomic E-state index is -0.259. The second-order valence-electron chi connectivity index (χ2n) is 6.88. The van der Waals surface area contributed by atoms with E-state index in [0.717, 1.165) is 18.5 Å². The number of likely N-dealkylation sites (tertiary alicyclic amines) is 1. The lowest BCUT2D eigenvalue weighted by Crippen LogP contribution is -2.33. The highest BCUT2D eigenvalue weighted by molar-refractivity contribution is 5.89. The normalized spacial score (nSPS) is 16.7. The number of nitrogens with zero attached hydrogens (tertiary/aromatic N) is 2. The molecule has 2 amide bonds. The van der Waals surface area contributed by atoms with Crippen LogP contribution < -0.4 is 5.32 Å². The molecule has 1 N–H and O–H groups in total. The van der Waals surface area contributed by atoms with E-state index >= 15 is 0 Å². The van der Waals surface area contributed by atoms with Gasteiger partial charge >= 0.3 is 0 Å². The average Bonchev–Trinajstić information content (AvgIpc) is 3.00. The van der Waals surface area contributed by atoms with Crippen molar-refractivity contribution in [1.29, 1.82) is 0 Å². The number of nitrogens with one attached hydrogen (secondary N) is 1. The van der Waals surface area contributed by atoms with E-state index in [-0.39, 0.29) is 24.2 Å². The van der Waals surface area contributed by atoms with Gasteiger partial charge in [0, 0.05) is 25.7 Å². The number of pyridine rings is 1. The van der Waals surface area contributed by atoms with Crippen LogP contribution in [0, 0.1) is 12.8 Å². The molecule has 1 aliphatic heterocycles. The predicted octanol–water partition coefficient (Wildman–Crippen LogP) is 2.49. The van der Waals surface area contributed by atoms with Gasteiger partial charge in [-0.25, -0.2) is 0 Å². The molecular weight excluding hydrogens is 326 g/mol. The summed E-state index contributed by atoms with van der Waals surface area (Å²) in [6.45, 7) is 3.66. The number of rotatable bonds is 7. The lowest BCUT2D eigenvalue weighted by Gasteiger charge is -2.16. The van der Waals surface area contributed by atoms with Crippen molar-refractivity contribution in [3.05, 3.63) is 65.5 Å². The zero-order valence-electron chi connectivity index (χ0n) is 15.1. The first-order chi connectivity index (χ1) is 12.6. The fourth-order valence-electron chi connectivity index (χ4n) is 3.30. The molecule has 1 atom stereocenters. The van der Waals surface area contributed by atoms with Gasteiger partial charge in [-0.05, 0) is 37.5 Å². The molecule has 1 aromatic carbocycles. The first kappa shape index (κ1) is 18.1. The van der Waals surface area contributed by atoms with Crippen LogP contribution in [-0.4, -0.2) is 34.8 Å². The van der Waals surface area contributed by atoms with Crippen molar-refractivity contribution in [2.45, 2.75) is 32.7 Å². The molecular formula is C21H25N3O2. The number of aryl methyl sites for hydroxylation is 2. The molecule has 5 nitrogen and oxygen atoms in total. The highest BCUT2D eigenvalue weighted by atomic mass is 16.2. The van der Waals surface area contributed by atoms with Gasteiger partial charge in [0.1, 0.15) is 0 Å². The van der Waals surface area contributed by atoms with Crippen LogP contribution in [0.15, 0.2) is 48.7 Å². The van der Waals surface area contributed by atoms with Crippen LogP contribution in [0.4, 0.5) is 0 Å². The van der Waals surface area contributed by atoms with Crippen LogP contribution in [0.5, 0.6) is 0 Å². The molecule has 5 heteroatoms. The zero-order valence-corrected chi connectivity index (χ0v) is 15.1. The number of carbonyl (C=O) groups is 2. The molecule has 26 heavy (non-hydrogen) atoms. The van der Waals surface area contributed by atoms with Crippen LogP contribution in [0.3, 0.4) is 0 Å². The summed E-state index contributed by atoms with van der Waals surface area (Å²) < 4.78 is 0. The summed E-state index contributed by atoms with van der Waals surface area (Å²) in [5.74, 6) is -0.258. The largest absolute Gasteiger partial charge is 0.356 e. The standard InChI is InChI=1S/C21H25N3O2/c1-16-6-4-7-17(12-16)8-5-11-23-21(26)18-13-20(25)24(14-18)15-19-9-2-3-10-22-19/h2-4,6-7,9-10,12,18H,5,8,11,13-15H2,1H3,(H,23,26)/t18-/m1/s1. The zero-order chi connectivity index (χ0) is 18.4. The van der Waals surface area contributed by atoms with Crippen molar-refractivity contribution in [2.24, 2.45) is 5.92 Å². The SMILES string of the molecule is Cc1cccc(CCCNC(=O)[C@@H]2CC(=O)N(Cc3ccccn3)C2)c1. The summed E-state index contributed by atoms with van der Waals surface area (Å²) in [6.07, 6.45) is 3.84. The summed E-state index contributed by atoms with van der Waals surface area (Å²) in [5.41, 5.74) is 3.39. The van der Waals surface area contributed by atoms with Crippen molar-refractivity contribution in [3.63, 3.8) is 0 Å². The maximum absolute atomic E-state index is 12.3. The van der Waals surface area contributed by atoms with Gasteiger partial charge in [-0.1, -0.05) is 35.9 Å². The van der Waals surface area contributed by atoms with E-state index in [1.165, 1.54) is 11.1 Å². The summed E-state index contributed by atoms with van der Waals surface area (Å²) in [4.78, 5) is 30.5. The monoisotopic (exact) mass is 351 g/mol. The second kappa shape index (κ2) is 8.61. The number of amides is 2. The third-order valence-electron chi connectivity index (χ3n) is 4.69. The molecule has 1 aliphatic rings. The van der Waals surface area contributed by atoms with Gasteiger partial charge in [-0.2, -0.15) is 0 Å². The maximum Gasteiger partial charge on any atom is 0.225 e. The molecule has 2 aromatic rings. The number of hydrogen-bond donors (Lipinski definition) is 1. The van der Waals surface area contributed by atoms with E-state index in [1.54, 1.807) is 11.1 Å². The molecule has 1 aromatic heterocycles. The van der Waals surface area contributed by atoms with Crippen molar-refractivity contribution in [2.75, 3.05) is 13.1 Å². The van der Waals surface area contributed by atoms with Gasteiger partial charge in [-0.3, -0.25) is 14.6 Å². The third-order valence-corrected chi connectivity index (χ3v) is 4.69. The minimum absolute atomic E-state index is 0.0221. The second-order valence-corrected chi connectivity index (χ2v) is 6.88. The summed E-state index contributed by atoms with van der Waals surface area (Å²) in [7, 11) is 0. The van der Waals surface area contributed by atoms with E-state index in [4.69, 9.17) is 0 Å². The third kappa shape index (κ3) is 4.91. The molecule has 136 valence electrons. The lowest BCUT2D eigenvalue weighted by atomic mass is 10.1. The highest BCUT2D eigenvalue weighted by Crippen LogP contribution is 2.19. The Labute approximate surface area is 154 Å². The number of benzene rings is 1. The first-order valence-electron chi connectivity index (χ1n) is 9.13. The molecule has 3 rings (SSSR count).